The average Bonchev–Trinajstić information content (AvgIpc) is 3.09. The Labute approximate surface area is 160 Å². The van der Waals surface area contributed by atoms with E-state index >= 15 is 0 Å². The Balaban J connectivity index is 1.81. The number of benzene rings is 1. The number of hydrogen-bond donors (Lipinski definition) is 1. The number of H-pyrrole nitrogens is 1. The van der Waals surface area contributed by atoms with Crippen molar-refractivity contribution >= 4 is 5.91 Å². The molecule has 1 aromatic heterocycles. The van der Waals surface area contributed by atoms with Crippen molar-refractivity contribution < 1.29 is 4.79 Å². The first-order chi connectivity index (χ1) is 13.0. The Morgan fingerprint density at radius 1 is 1.37 bits per heavy atom. The summed E-state index contributed by atoms with van der Waals surface area (Å²) in [7, 11) is 1.87. The Kier molecular flexibility index (Phi) is 6.06. The van der Waals surface area contributed by atoms with Gasteiger partial charge in [0.2, 0.25) is 5.91 Å². The van der Waals surface area contributed by atoms with E-state index in [-0.39, 0.29) is 17.5 Å². The fourth-order valence-electron chi connectivity index (χ4n) is 3.68. The minimum absolute atomic E-state index is 0.108. The summed E-state index contributed by atoms with van der Waals surface area (Å²) >= 11 is 0. The van der Waals surface area contributed by atoms with Crippen LogP contribution in [0.25, 0.3) is 11.4 Å². The second kappa shape index (κ2) is 8.48. The van der Waals surface area contributed by atoms with Crippen molar-refractivity contribution in [2.45, 2.75) is 45.7 Å². The fraction of sp³-hybridized carbons (Fsp3) is 0.476. The van der Waals surface area contributed by atoms with Crippen LogP contribution in [-0.4, -0.2) is 51.9 Å². The lowest BCUT2D eigenvalue weighted by molar-refractivity contribution is -0.129. The van der Waals surface area contributed by atoms with Crippen molar-refractivity contribution in [3.05, 3.63) is 51.9 Å². The Hall–Kier alpha value is -2.47. The number of aromatic nitrogens is 2. The minimum Gasteiger partial charge on any atom is -0.342 e. The van der Waals surface area contributed by atoms with Crippen LogP contribution in [0.15, 0.2) is 35.1 Å². The van der Waals surface area contributed by atoms with Gasteiger partial charge in [-0.3, -0.25) is 14.5 Å². The Bertz CT molecular complexity index is 861. The summed E-state index contributed by atoms with van der Waals surface area (Å²) in [5.41, 5.74) is 2.83. The zero-order valence-electron chi connectivity index (χ0n) is 16.4. The van der Waals surface area contributed by atoms with Gasteiger partial charge in [0.25, 0.3) is 5.56 Å². The SMILES string of the molecule is CCCc1cc(=O)[nH]c(-c2ccccc2CN2CCC(N(C)C(C)=O)C2)n1. The van der Waals surface area contributed by atoms with E-state index in [9.17, 15) is 9.59 Å². The number of nitrogens with one attached hydrogen (secondary N) is 1. The summed E-state index contributed by atoms with van der Waals surface area (Å²) in [6, 6.07) is 9.94. The molecule has 1 fully saturated rings. The maximum atomic E-state index is 12.1. The van der Waals surface area contributed by atoms with Crippen molar-refractivity contribution in [1.29, 1.82) is 0 Å². The monoisotopic (exact) mass is 368 g/mol. The molecule has 1 atom stereocenters. The molecule has 0 bridgehead atoms. The van der Waals surface area contributed by atoms with E-state index < -0.39 is 0 Å². The fourth-order valence-corrected chi connectivity index (χ4v) is 3.68. The number of hydrogen-bond acceptors (Lipinski definition) is 4. The molecule has 1 unspecified atom stereocenters. The van der Waals surface area contributed by atoms with Crippen LogP contribution in [0.5, 0.6) is 0 Å². The highest BCUT2D eigenvalue weighted by Gasteiger charge is 2.27. The number of aryl methyl sites for hydroxylation is 1. The number of carbonyl (C=O) groups is 1. The summed E-state index contributed by atoms with van der Waals surface area (Å²) in [6.07, 6.45) is 2.74. The van der Waals surface area contributed by atoms with Crippen LogP contribution < -0.4 is 5.56 Å². The second-order valence-corrected chi connectivity index (χ2v) is 7.30. The second-order valence-electron chi connectivity index (χ2n) is 7.30. The highest BCUT2D eigenvalue weighted by Crippen LogP contribution is 2.24. The third-order valence-corrected chi connectivity index (χ3v) is 5.26. The van der Waals surface area contributed by atoms with Gasteiger partial charge in [0, 0.05) is 57.0 Å². The summed E-state index contributed by atoms with van der Waals surface area (Å²) in [6.45, 7) is 6.29. The van der Waals surface area contributed by atoms with Crippen LogP contribution in [0.3, 0.4) is 0 Å². The van der Waals surface area contributed by atoms with E-state index in [1.165, 1.54) is 0 Å². The first kappa shape index (κ1) is 19.3. The number of amides is 1. The number of likely N-dealkylation sites (N-methyl/N-ethyl adjacent to an activating group) is 1. The van der Waals surface area contributed by atoms with E-state index in [1.807, 2.05) is 30.1 Å². The smallest absolute Gasteiger partial charge is 0.251 e. The molecule has 6 heteroatoms. The van der Waals surface area contributed by atoms with Crippen molar-refractivity contribution in [3.63, 3.8) is 0 Å². The minimum atomic E-state index is -0.109. The molecule has 0 saturated carbocycles. The van der Waals surface area contributed by atoms with Gasteiger partial charge < -0.3 is 9.88 Å². The summed E-state index contributed by atoms with van der Waals surface area (Å²) in [5, 5.41) is 0. The first-order valence-electron chi connectivity index (χ1n) is 9.62. The molecule has 1 aromatic carbocycles. The molecule has 0 aliphatic carbocycles. The maximum Gasteiger partial charge on any atom is 0.251 e. The molecule has 1 amide bonds. The Morgan fingerprint density at radius 2 is 2.15 bits per heavy atom. The van der Waals surface area contributed by atoms with Gasteiger partial charge in [-0.25, -0.2) is 4.98 Å². The number of carbonyl (C=O) groups excluding carboxylic acids is 1. The van der Waals surface area contributed by atoms with Gasteiger partial charge >= 0.3 is 0 Å². The van der Waals surface area contributed by atoms with Gasteiger partial charge in [0.1, 0.15) is 5.82 Å². The zero-order valence-corrected chi connectivity index (χ0v) is 16.4. The van der Waals surface area contributed by atoms with Gasteiger partial charge in [0.05, 0.1) is 0 Å². The molecular weight excluding hydrogens is 340 g/mol. The van der Waals surface area contributed by atoms with E-state index in [0.29, 0.717) is 5.82 Å². The normalized spacial score (nSPS) is 17.2. The third-order valence-electron chi connectivity index (χ3n) is 5.26. The van der Waals surface area contributed by atoms with Crippen molar-refractivity contribution in [3.8, 4) is 11.4 Å². The first-order valence-corrected chi connectivity index (χ1v) is 9.62. The van der Waals surface area contributed by atoms with Crippen LogP contribution in [0.1, 0.15) is 37.9 Å². The van der Waals surface area contributed by atoms with Crippen LogP contribution >= 0.6 is 0 Å². The van der Waals surface area contributed by atoms with Crippen LogP contribution in [0.2, 0.25) is 0 Å². The Morgan fingerprint density at radius 3 is 2.89 bits per heavy atom. The summed E-state index contributed by atoms with van der Waals surface area (Å²) in [4.78, 5) is 35.4. The topological polar surface area (TPSA) is 69.3 Å². The number of likely N-dealkylation sites (tertiary alicyclic amines) is 1. The van der Waals surface area contributed by atoms with E-state index in [1.54, 1.807) is 13.0 Å². The zero-order chi connectivity index (χ0) is 19.4. The van der Waals surface area contributed by atoms with Crippen molar-refractivity contribution in [2.75, 3.05) is 20.1 Å². The number of nitrogens with zero attached hydrogens (tertiary/aromatic N) is 3. The molecule has 0 radical (unpaired) electrons. The van der Waals surface area contributed by atoms with Crippen molar-refractivity contribution in [2.24, 2.45) is 0 Å². The van der Waals surface area contributed by atoms with Gasteiger partial charge in [0.15, 0.2) is 0 Å². The van der Waals surface area contributed by atoms with Gasteiger partial charge in [-0.15, -0.1) is 0 Å². The maximum absolute atomic E-state index is 12.1. The molecule has 144 valence electrons. The standard InChI is InChI=1S/C21H28N4O2/c1-4-7-17-12-20(27)23-21(22-17)19-9-6-5-8-16(19)13-25-11-10-18(14-25)24(3)15(2)26/h5-6,8-9,12,18H,4,7,10-11,13-14H2,1-3H3,(H,22,23,27). The predicted octanol–water partition coefficient (Wildman–Crippen LogP) is 2.44. The molecule has 1 aliphatic rings. The van der Waals surface area contributed by atoms with Gasteiger partial charge in [-0.05, 0) is 18.4 Å². The van der Waals surface area contributed by atoms with Crippen LogP contribution in [0.4, 0.5) is 0 Å². The molecular formula is C21H28N4O2. The quantitative estimate of drug-likeness (QED) is 0.850. The molecule has 3 rings (SSSR count). The lowest BCUT2D eigenvalue weighted by Crippen LogP contribution is -2.37. The van der Waals surface area contributed by atoms with E-state index in [2.05, 4.69) is 27.9 Å². The average molecular weight is 368 g/mol. The summed E-state index contributed by atoms with van der Waals surface area (Å²) in [5.74, 6) is 0.745. The highest BCUT2D eigenvalue weighted by atomic mass is 16.2. The van der Waals surface area contributed by atoms with Crippen LogP contribution in [-0.2, 0) is 17.8 Å². The number of aromatic amines is 1. The third kappa shape index (κ3) is 4.63. The molecule has 6 nitrogen and oxygen atoms in total. The molecule has 1 saturated heterocycles. The molecule has 0 spiro atoms. The lowest BCUT2D eigenvalue weighted by Gasteiger charge is -2.24. The molecule has 1 N–H and O–H groups in total. The van der Waals surface area contributed by atoms with Crippen LogP contribution in [0, 0.1) is 0 Å². The van der Waals surface area contributed by atoms with E-state index in [4.69, 9.17) is 0 Å². The van der Waals surface area contributed by atoms with Gasteiger partial charge in [-0.2, -0.15) is 0 Å². The van der Waals surface area contributed by atoms with Gasteiger partial charge in [-0.1, -0.05) is 37.6 Å². The summed E-state index contributed by atoms with van der Waals surface area (Å²) < 4.78 is 0. The molecule has 1 aliphatic heterocycles. The predicted molar refractivity (Wildman–Crippen MR) is 106 cm³/mol. The number of rotatable bonds is 6. The highest BCUT2D eigenvalue weighted by molar-refractivity contribution is 5.73. The lowest BCUT2D eigenvalue weighted by atomic mass is 10.1. The van der Waals surface area contributed by atoms with Crippen molar-refractivity contribution in [1.82, 2.24) is 19.8 Å². The largest absolute Gasteiger partial charge is 0.342 e. The molecule has 2 aromatic rings. The molecule has 2 heterocycles. The van der Waals surface area contributed by atoms with E-state index in [0.717, 1.165) is 55.7 Å². The molecule has 27 heavy (non-hydrogen) atoms.